The van der Waals surface area contributed by atoms with E-state index in [1.165, 1.54) is 14.0 Å². The first-order valence-corrected chi connectivity index (χ1v) is 8.58. The van der Waals surface area contributed by atoms with Crippen LogP contribution in [0.2, 0.25) is 0 Å². The maximum absolute atomic E-state index is 12.6. The molecule has 1 heterocycles. The molecule has 3 rings (SSSR count). The van der Waals surface area contributed by atoms with Gasteiger partial charge in [-0.2, -0.15) is 5.10 Å². The molecule has 1 aromatic heterocycles. The van der Waals surface area contributed by atoms with Gasteiger partial charge in [-0.15, -0.1) is 0 Å². The molecular weight excluding hydrogens is 344 g/mol. The van der Waals surface area contributed by atoms with Crippen molar-refractivity contribution in [1.82, 2.24) is 9.78 Å². The van der Waals surface area contributed by atoms with Gasteiger partial charge in [-0.3, -0.25) is 9.59 Å². The normalized spacial score (nSPS) is 12.0. The number of esters is 1. The summed E-state index contributed by atoms with van der Waals surface area (Å²) in [6.07, 6.45) is -0.975. The maximum Gasteiger partial charge on any atom is 0.360 e. The summed E-state index contributed by atoms with van der Waals surface area (Å²) in [5, 5.41) is 4.80. The number of carbonyl (C=O) groups excluding carboxylic acids is 2. The zero-order valence-corrected chi connectivity index (χ0v) is 15.6. The number of fused-ring (bicyclic) bond motifs is 1. The number of ether oxygens (including phenoxy) is 1. The minimum atomic E-state index is -0.975. The number of Topliss-reactive ketones (excluding diaryl/α,β-unsaturated/α-hetero) is 1. The van der Waals surface area contributed by atoms with Gasteiger partial charge in [0.2, 0.25) is 5.78 Å². The number of ketones is 1. The second kappa shape index (κ2) is 7.15. The third kappa shape index (κ3) is 3.51. The van der Waals surface area contributed by atoms with Gasteiger partial charge in [0.05, 0.1) is 5.39 Å². The van der Waals surface area contributed by atoms with Crippen molar-refractivity contribution >= 4 is 22.5 Å². The van der Waals surface area contributed by atoms with E-state index in [2.05, 4.69) is 5.10 Å². The molecule has 0 saturated carbocycles. The van der Waals surface area contributed by atoms with Crippen molar-refractivity contribution in [3.05, 3.63) is 75.2 Å². The molecule has 1 atom stereocenters. The Morgan fingerprint density at radius 3 is 2.37 bits per heavy atom. The summed E-state index contributed by atoms with van der Waals surface area (Å²) in [7, 11) is 1.47. The molecule has 0 spiro atoms. The SMILES string of the molecule is Cc1ccc(C(=O)C(C)OC(=O)c2nn(C)c(=O)c3ccccc23)cc1C. The van der Waals surface area contributed by atoms with Crippen molar-refractivity contribution in [3.8, 4) is 0 Å². The zero-order valence-electron chi connectivity index (χ0n) is 15.6. The molecule has 0 amide bonds. The molecule has 6 nitrogen and oxygen atoms in total. The Balaban J connectivity index is 1.90. The van der Waals surface area contributed by atoms with Crippen LogP contribution in [0, 0.1) is 13.8 Å². The summed E-state index contributed by atoms with van der Waals surface area (Å²) in [6.45, 7) is 5.41. The second-order valence-electron chi connectivity index (χ2n) is 6.53. The van der Waals surface area contributed by atoms with Gasteiger partial charge in [-0.1, -0.05) is 30.3 Å². The molecule has 1 unspecified atom stereocenters. The van der Waals surface area contributed by atoms with E-state index in [0.717, 1.165) is 15.8 Å². The first-order valence-electron chi connectivity index (χ1n) is 8.58. The molecule has 0 aliphatic carbocycles. The molecule has 0 aliphatic rings. The van der Waals surface area contributed by atoms with Crippen molar-refractivity contribution in [2.45, 2.75) is 26.9 Å². The van der Waals surface area contributed by atoms with E-state index >= 15 is 0 Å². The highest BCUT2D eigenvalue weighted by Crippen LogP contribution is 2.17. The quantitative estimate of drug-likeness (QED) is 0.525. The van der Waals surface area contributed by atoms with E-state index in [9.17, 15) is 14.4 Å². The van der Waals surface area contributed by atoms with Gasteiger partial charge in [-0.05, 0) is 44.0 Å². The summed E-state index contributed by atoms with van der Waals surface area (Å²) in [6, 6.07) is 12.0. The van der Waals surface area contributed by atoms with Gasteiger partial charge >= 0.3 is 5.97 Å². The molecule has 2 aromatic carbocycles. The third-order valence-electron chi connectivity index (χ3n) is 4.59. The fourth-order valence-corrected chi connectivity index (χ4v) is 2.85. The fourth-order valence-electron chi connectivity index (χ4n) is 2.85. The lowest BCUT2D eigenvalue weighted by atomic mass is 10.0. The van der Waals surface area contributed by atoms with Crippen LogP contribution in [-0.4, -0.2) is 27.6 Å². The van der Waals surface area contributed by atoms with E-state index in [1.807, 2.05) is 19.9 Å². The van der Waals surface area contributed by atoms with Gasteiger partial charge in [0.1, 0.15) is 0 Å². The lowest BCUT2D eigenvalue weighted by Crippen LogP contribution is -2.28. The van der Waals surface area contributed by atoms with Crippen LogP contribution < -0.4 is 5.56 Å². The van der Waals surface area contributed by atoms with Crippen LogP contribution in [0.1, 0.15) is 38.9 Å². The van der Waals surface area contributed by atoms with Crippen LogP contribution in [0.3, 0.4) is 0 Å². The van der Waals surface area contributed by atoms with Crippen LogP contribution in [-0.2, 0) is 11.8 Å². The molecule has 6 heteroatoms. The van der Waals surface area contributed by atoms with Crippen LogP contribution in [0.15, 0.2) is 47.3 Å². The molecule has 0 bridgehead atoms. The Bertz CT molecular complexity index is 1110. The van der Waals surface area contributed by atoms with Crippen LogP contribution in [0.25, 0.3) is 10.8 Å². The smallest absolute Gasteiger partial charge is 0.360 e. The maximum atomic E-state index is 12.6. The summed E-state index contributed by atoms with van der Waals surface area (Å²) < 4.78 is 6.45. The summed E-state index contributed by atoms with van der Waals surface area (Å²) >= 11 is 0. The minimum Gasteiger partial charge on any atom is -0.449 e. The van der Waals surface area contributed by atoms with E-state index in [1.54, 1.807) is 36.4 Å². The molecule has 0 radical (unpaired) electrons. The highest BCUT2D eigenvalue weighted by molar-refractivity contribution is 6.05. The lowest BCUT2D eigenvalue weighted by molar-refractivity contribution is 0.0313. The number of rotatable bonds is 4. The molecule has 0 saturated heterocycles. The third-order valence-corrected chi connectivity index (χ3v) is 4.59. The van der Waals surface area contributed by atoms with Gasteiger partial charge < -0.3 is 4.74 Å². The fraction of sp³-hybridized carbons (Fsp3) is 0.238. The summed E-state index contributed by atoms with van der Waals surface area (Å²) in [4.78, 5) is 37.4. The predicted octanol–water partition coefficient (Wildman–Crippen LogP) is 2.98. The number of aromatic nitrogens is 2. The van der Waals surface area contributed by atoms with Gasteiger partial charge in [0, 0.05) is 18.0 Å². The highest BCUT2D eigenvalue weighted by Gasteiger charge is 2.24. The first kappa shape index (κ1) is 18.5. The van der Waals surface area contributed by atoms with E-state index in [0.29, 0.717) is 16.3 Å². The first-order chi connectivity index (χ1) is 12.8. The van der Waals surface area contributed by atoms with E-state index in [4.69, 9.17) is 4.74 Å². The van der Waals surface area contributed by atoms with E-state index < -0.39 is 12.1 Å². The van der Waals surface area contributed by atoms with Crippen molar-refractivity contribution in [2.75, 3.05) is 0 Å². The largest absolute Gasteiger partial charge is 0.449 e. The molecular formula is C21H20N2O4. The summed E-state index contributed by atoms with van der Waals surface area (Å²) in [5.41, 5.74) is 2.26. The minimum absolute atomic E-state index is 0.00689. The Kier molecular flexibility index (Phi) is 4.90. The van der Waals surface area contributed by atoms with Crippen molar-refractivity contribution in [1.29, 1.82) is 0 Å². The van der Waals surface area contributed by atoms with Crippen LogP contribution in [0.5, 0.6) is 0 Å². The summed E-state index contributed by atoms with van der Waals surface area (Å²) in [5.74, 6) is -1.04. The molecule has 3 aromatic rings. The number of benzene rings is 2. The van der Waals surface area contributed by atoms with Crippen molar-refractivity contribution < 1.29 is 14.3 Å². The lowest BCUT2D eigenvalue weighted by Gasteiger charge is -2.14. The number of carbonyl (C=O) groups is 2. The van der Waals surface area contributed by atoms with Gasteiger partial charge in [0.15, 0.2) is 11.8 Å². The van der Waals surface area contributed by atoms with Crippen molar-refractivity contribution in [2.24, 2.45) is 7.05 Å². The van der Waals surface area contributed by atoms with Crippen LogP contribution >= 0.6 is 0 Å². The zero-order chi connectivity index (χ0) is 19.7. The molecule has 0 N–H and O–H groups in total. The standard InChI is InChI=1S/C21H20N2O4/c1-12-9-10-15(11-13(12)2)19(24)14(3)27-21(26)18-16-7-5-6-8-17(16)20(25)23(4)22-18/h5-11,14H,1-4H3. The average molecular weight is 364 g/mol. The second-order valence-corrected chi connectivity index (χ2v) is 6.53. The van der Waals surface area contributed by atoms with Gasteiger partial charge in [0.25, 0.3) is 5.56 Å². The van der Waals surface area contributed by atoms with E-state index in [-0.39, 0.29) is 17.0 Å². The molecule has 138 valence electrons. The van der Waals surface area contributed by atoms with Gasteiger partial charge in [-0.25, -0.2) is 9.48 Å². The number of nitrogens with zero attached hydrogens (tertiary/aromatic N) is 2. The molecule has 0 fully saturated rings. The number of hydrogen-bond acceptors (Lipinski definition) is 5. The number of hydrogen-bond donors (Lipinski definition) is 0. The topological polar surface area (TPSA) is 78.3 Å². The average Bonchev–Trinajstić information content (AvgIpc) is 2.66. The Hall–Kier alpha value is -3.28. The highest BCUT2D eigenvalue weighted by atomic mass is 16.5. The molecule has 27 heavy (non-hydrogen) atoms. The Morgan fingerprint density at radius 1 is 1.04 bits per heavy atom. The van der Waals surface area contributed by atoms with Crippen molar-refractivity contribution in [3.63, 3.8) is 0 Å². The monoisotopic (exact) mass is 364 g/mol. The van der Waals surface area contributed by atoms with Crippen LogP contribution in [0.4, 0.5) is 0 Å². The molecule has 0 aliphatic heterocycles. The predicted molar refractivity (Wildman–Crippen MR) is 102 cm³/mol. The Morgan fingerprint density at radius 2 is 1.70 bits per heavy atom. The Labute approximate surface area is 156 Å². The number of aryl methyl sites for hydroxylation is 3.